The van der Waals surface area contributed by atoms with E-state index in [1.807, 2.05) is 24.3 Å². The van der Waals surface area contributed by atoms with Crippen LogP contribution in [-0.4, -0.2) is 11.1 Å². The topological polar surface area (TPSA) is 0 Å². The van der Waals surface area contributed by atoms with E-state index >= 15 is 0 Å². The van der Waals surface area contributed by atoms with Crippen molar-refractivity contribution in [1.82, 2.24) is 0 Å². The first-order valence-electron chi connectivity index (χ1n) is 3.87. The highest BCUT2D eigenvalue weighted by molar-refractivity contribution is 7.99. The number of benzene rings is 1. The van der Waals surface area contributed by atoms with Gasteiger partial charge in [0.15, 0.2) is 0 Å². The summed E-state index contributed by atoms with van der Waals surface area (Å²) in [7, 11) is 0. The van der Waals surface area contributed by atoms with Crippen LogP contribution in [-0.2, 0) is 0 Å². The van der Waals surface area contributed by atoms with Gasteiger partial charge in [-0.3, -0.25) is 0 Å². The molecule has 0 nitrogen and oxygen atoms in total. The molecule has 1 aromatic rings. The fourth-order valence-electron chi connectivity index (χ4n) is 0.775. The highest BCUT2D eigenvalue weighted by Crippen LogP contribution is 2.22. The van der Waals surface area contributed by atoms with E-state index in [0.29, 0.717) is 0 Å². The van der Waals surface area contributed by atoms with Gasteiger partial charge >= 0.3 is 0 Å². The van der Waals surface area contributed by atoms with Crippen LogP contribution in [0.4, 0.5) is 0 Å². The number of thioether (sulfide) groups is 1. The highest BCUT2D eigenvalue weighted by atomic mass is 35.5. The van der Waals surface area contributed by atoms with Crippen molar-refractivity contribution in [3.05, 3.63) is 41.9 Å². The maximum absolute atomic E-state index is 5.88. The molecule has 0 radical (unpaired) electrons. The maximum Gasteiger partial charge on any atom is 0.0607 e. The molecular formula is C10H10Cl2S. The van der Waals surface area contributed by atoms with Gasteiger partial charge in [-0.1, -0.05) is 17.7 Å². The number of rotatable bonds is 4. The average molecular weight is 233 g/mol. The molecule has 0 aromatic heterocycles. The lowest BCUT2D eigenvalue weighted by atomic mass is 10.4. The van der Waals surface area contributed by atoms with Crippen molar-refractivity contribution in [2.75, 3.05) is 5.75 Å². The first-order valence-corrected chi connectivity index (χ1v) is 5.67. The lowest BCUT2D eigenvalue weighted by Gasteiger charge is -2.03. The molecule has 70 valence electrons. The first-order chi connectivity index (χ1) is 6.22. The fraction of sp³-hybridized carbons (Fsp3) is 0.200. The predicted molar refractivity (Wildman–Crippen MR) is 62.0 cm³/mol. The van der Waals surface area contributed by atoms with Crippen LogP contribution in [0.1, 0.15) is 0 Å². The van der Waals surface area contributed by atoms with Gasteiger partial charge in [-0.05, 0) is 24.3 Å². The summed E-state index contributed by atoms with van der Waals surface area (Å²) in [6.07, 6.45) is 1.74. The molecule has 1 aromatic carbocycles. The van der Waals surface area contributed by atoms with Crippen LogP contribution in [0.3, 0.4) is 0 Å². The molecule has 0 amide bonds. The first kappa shape index (κ1) is 11.0. The summed E-state index contributed by atoms with van der Waals surface area (Å²) < 4.78 is 0. The van der Waals surface area contributed by atoms with E-state index in [9.17, 15) is 0 Å². The van der Waals surface area contributed by atoms with E-state index in [-0.39, 0.29) is 5.38 Å². The zero-order valence-corrected chi connectivity index (χ0v) is 9.37. The van der Waals surface area contributed by atoms with Crippen LogP contribution >= 0.6 is 35.0 Å². The summed E-state index contributed by atoms with van der Waals surface area (Å²) in [5.41, 5.74) is 0. The molecule has 0 spiro atoms. The molecule has 0 N–H and O–H groups in total. The molecule has 0 saturated heterocycles. The molecule has 0 heterocycles. The Labute approximate surface area is 92.9 Å². The van der Waals surface area contributed by atoms with Crippen molar-refractivity contribution in [1.29, 1.82) is 0 Å². The van der Waals surface area contributed by atoms with Crippen molar-refractivity contribution < 1.29 is 0 Å². The van der Waals surface area contributed by atoms with Crippen LogP contribution in [0.25, 0.3) is 0 Å². The molecular weight excluding hydrogens is 223 g/mol. The van der Waals surface area contributed by atoms with E-state index in [0.717, 1.165) is 10.8 Å². The minimum Gasteiger partial charge on any atom is -0.124 e. The van der Waals surface area contributed by atoms with E-state index in [4.69, 9.17) is 23.2 Å². The summed E-state index contributed by atoms with van der Waals surface area (Å²) in [6, 6.07) is 7.72. The van der Waals surface area contributed by atoms with Crippen molar-refractivity contribution in [3.63, 3.8) is 0 Å². The Balaban J connectivity index is 2.45. The monoisotopic (exact) mass is 232 g/mol. The van der Waals surface area contributed by atoms with Crippen LogP contribution in [0.2, 0.25) is 5.02 Å². The molecule has 0 bridgehead atoms. The van der Waals surface area contributed by atoms with E-state index in [1.54, 1.807) is 17.8 Å². The van der Waals surface area contributed by atoms with Crippen molar-refractivity contribution in [3.8, 4) is 0 Å². The summed E-state index contributed by atoms with van der Waals surface area (Å²) in [5.74, 6) is 0.840. The SMILES string of the molecule is C=CC(Cl)CSc1ccc(Cl)cc1. The molecule has 1 rings (SSSR count). The second-order valence-corrected chi connectivity index (χ2v) is 4.61. The van der Waals surface area contributed by atoms with Gasteiger partial charge in [0.25, 0.3) is 0 Å². The quantitative estimate of drug-likeness (QED) is 0.426. The normalized spacial score (nSPS) is 12.5. The molecule has 0 saturated carbocycles. The molecule has 1 unspecified atom stereocenters. The van der Waals surface area contributed by atoms with Gasteiger partial charge in [0.1, 0.15) is 0 Å². The summed E-state index contributed by atoms with van der Waals surface area (Å²) >= 11 is 13.3. The zero-order valence-electron chi connectivity index (χ0n) is 7.04. The second kappa shape index (κ2) is 5.58. The van der Waals surface area contributed by atoms with Gasteiger partial charge in [0, 0.05) is 15.7 Å². The molecule has 13 heavy (non-hydrogen) atoms. The molecule has 0 aliphatic heterocycles. The Morgan fingerprint density at radius 3 is 2.54 bits per heavy atom. The lowest BCUT2D eigenvalue weighted by Crippen LogP contribution is -1.95. The zero-order chi connectivity index (χ0) is 9.68. The largest absolute Gasteiger partial charge is 0.124 e. The third-order valence-corrected chi connectivity index (χ3v) is 3.38. The van der Waals surface area contributed by atoms with Gasteiger partial charge in [0.05, 0.1) is 5.38 Å². The Kier molecular flexibility index (Phi) is 4.71. The molecule has 0 fully saturated rings. The van der Waals surface area contributed by atoms with E-state index in [1.165, 1.54) is 4.90 Å². The summed E-state index contributed by atoms with van der Waals surface area (Å²) in [5, 5.41) is 0.788. The Bertz CT molecular complexity index is 269. The molecule has 0 aliphatic rings. The average Bonchev–Trinajstić information content (AvgIpc) is 2.16. The third-order valence-electron chi connectivity index (χ3n) is 1.48. The van der Waals surface area contributed by atoms with Crippen LogP contribution in [0.5, 0.6) is 0 Å². The van der Waals surface area contributed by atoms with Gasteiger partial charge in [-0.2, -0.15) is 0 Å². The van der Waals surface area contributed by atoms with E-state index in [2.05, 4.69) is 6.58 Å². The maximum atomic E-state index is 5.88. The van der Waals surface area contributed by atoms with Gasteiger partial charge in [0.2, 0.25) is 0 Å². The number of halogens is 2. The number of hydrogen-bond acceptors (Lipinski definition) is 1. The van der Waals surface area contributed by atoms with Crippen molar-refractivity contribution in [2.24, 2.45) is 0 Å². The van der Waals surface area contributed by atoms with Gasteiger partial charge < -0.3 is 0 Å². The number of allylic oxidation sites excluding steroid dienone is 1. The Hall–Kier alpha value is -0.110. The van der Waals surface area contributed by atoms with Crippen LogP contribution in [0, 0.1) is 0 Å². The minimum atomic E-state index is 0.0284. The Morgan fingerprint density at radius 1 is 1.38 bits per heavy atom. The third kappa shape index (κ3) is 4.08. The van der Waals surface area contributed by atoms with Crippen molar-refractivity contribution in [2.45, 2.75) is 10.3 Å². The van der Waals surface area contributed by atoms with Crippen molar-refractivity contribution >= 4 is 35.0 Å². The van der Waals surface area contributed by atoms with Gasteiger partial charge in [-0.15, -0.1) is 29.9 Å². The summed E-state index contributed by atoms with van der Waals surface area (Å²) in [4.78, 5) is 1.18. The Morgan fingerprint density at radius 2 is 2.00 bits per heavy atom. The number of hydrogen-bond donors (Lipinski definition) is 0. The van der Waals surface area contributed by atoms with E-state index < -0.39 is 0 Å². The molecule has 1 atom stereocenters. The highest BCUT2D eigenvalue weighted by Gasteiger charge is 1.99. The fourth-order valence-corrected chi connectivity index (χ4v) is 1.91. The second-order valence-electron chi connectivity index (χ2n) is 2.52. The standard InChI is InChI=1S/C10H10Cl2S/c1-2-8(11)7-13-10-5-3-9(12)4-6-10/h2-6,8H,1,7H2. The molecule has 3 heteroatoms. The molecule has 0 aliphatic carbocycles. The van der Waals surface area contributed by atoms with Crippen LogP contribution < -0.4 is 0 Å². The number of alkyl halides is 1. The smallest absolute Gasteiger partial charge is 0.0607 e. The summed E-state index contributed by atoms with van der Waals surface area (Å²) in [6.45, 7) is 3.62. The van der Waals surface area contributed by atoms with Crippen LogP contribution in [0.15, 0.2) is 41.8 Å². The minimum absolute atomic E-state index is 0.0284. The predicted octanol–water partition coefficient (Wildman–Crippen LogP) is 4.23. The van der Waals surface area contributed by atoms with Gasteiger partial charge in [-0.25, -0.2) is 0 Å². The lowest BCUT2D eigenvalue weighted by molar-refractivity contribution is 1.25.